The van der Waals surface area contributed by atoms with E-state index in [0.29, 0.717) is 16.3 Å². The normalized spacial score (nSPS) is 18.0. The monoisotopic (exact) mass is 440 g/mol. The number of benzene rings is 2. The van der Waals surface area contributed by atoms with Gasteiger partial charge in [0.25, 0.3) is 11.8 Å². The van der Waals surface area contributed by atoms with E-state index >= 15 is 0 Å². The van der Waals surface area contributed by atoms with Crippen molar-refractivity contribution in [2.24, 2.45) is 0 Å². The van der Waals surface area contributed by atoms with Crippen molar-refractivity contribution in [2.45, 2.75) is 25.4 Å². The smallest absolute Gasteiger partial charge is 0.319 e. The number of nitrogens with zero attached hydrogens (tertiary/aromatic N) is 1. The average Bonchev–Trinajstić information content (AvgIpc) is 2.97. The van der Waals surface area contributed by atoms with Crippen molar-refractivity contribution < 1.29 is 24.0 Å². The predicted molar refractivity (Wildman–Crippen MR) is 110 cm³/mol. The maximum atomic E-state index is 12.8. The molecule has 0 aliphatic carbocycles. The van der Waals surface area contributed by atoms with Crippen LogP contribution in [0.25, 0.3) is 0 Å². The van der Waals surface area contributed by atoms with Gasteiger partial charge in [0.1, 0.15) is 6.04 Å². The van der Waals surface area contributed by atoms with E-state index < -0.39 is 35.7 Å². The zero-order valence-corrected chi connectivity index (χ0v) is 16.9. The van der Waals surface area contributed by atoms with Gasteiger partial charge in [-0.25, -0.2) is 4.79 Å². The van der Waals surface area contributed by atoms with Crippen molar-refractivity contribution in [1.82, 2.24) is 15.5 Å². The van der Waals surface area contributed by atoms with Crippen molar-refractivity contribution in [2.75, 3.05) is 5.32 Å². The van der Waals surface area contributed by atoms with E-state index in [1.54, 1.807) is 30.3 Å². The molecule has 0 spiro atoms. The van der Waals surface area contributed by atoms with Crippen molar-refractivity contribution in [3.05, 3.63) is 64.2 Å². The van der Waals surface area contributed by atoms with Crippen LogP contribution >= 0.6 is 11.6 Å². The summed E-state index contributed by atoms with van der Waals surface area (Å²) < 4.78 is 0. The first-order valence-electron chi connectivity index (χ1n) is 9.48. The molecule has 9 nitrogen and oxygen atoms in total. The van der Waals surface area contributed by atoms with E-state index in [4.69, 9.17) is 11.6 Å². The number of halogens is 1. The molecule has 3 N–H and O–H groups in total. The summed E-state index contributed by atoms with van der Waals surface area (Å²) in [5, 5.41) is 7.95. The third-order valence-corrected chi connectivity index (χ3v) is 5.27. The molecule has 1 unspecified atom stereocenters. The zero-order chi connectivity index (χ0) is 22.1. The SMILES string of the molecule is O=C1CCC(N2C(=O)c3ccc(CNC(=O)Nc4cccc(Cl)c4)cc3C2=O)C(=O)N1. The first-order chi connectivity index (χ1) is 14.8. The number of rotatable bonds is 4. The Bertz CT molecular complexity index is 1130. The third-order valence-electron chi connectivity index (χ3n) is 5.04. The van der Waals surface area contributed by atoms with Gasteiger partial charge >= 0.3 is 6.03 Å². The van der Waals surface area contributed by atoms with Crippen LogP contribution in [0.4, 0.5) is 10.5 Å². The Balaban J connectivity index is 1.44. The number of piperidine rings is 1. The Hall–Kier alpha value is -3.72. The Labute approximate surface area is 181 Å². The van der Waals surface area contributed by atoms with Gasteiger partial charge < -0.3 is 10.6 Å². The van der Waals surface area contributed by atoms with E-state index in [9.17, 15) is 24.0 Å². The molecule has 2 heterocycles. The molecule has 2 aromatic carbocycles. The van der Waals surface area contributed by atoms with Crippen LogP contribution in [0.1, 0.15) is 39.1 Å². The lowest BCUT2D eigenvalue weighted by Crippen LogP contribution is -2.54. The second-order valence-corrected chi connectivity index (χ2v) is 7.58. The largest absolute Gasteiger partial charge is 0.334 e. The first-order valence-corrected chi connectivity index (χ1v) is 9.86. The molecule has 0 aromatic heterocycles. The van der Waals surface area contributed by atoms with Gasteiger partial charge in [-0.15, -0.1) is 0 Å². The summed E-state index contributed by atoms with van der Waals surface area (Å²) in [5.74, 6) is -2.26. The summed E-state index contributed by atoms with van der Waals surface area (Å²) in [5.41, 5.74) is 1.47. The Morgan fingerprint density at radius 3 is 2.58 bits per heavy atom. The van der Waals surface area contributed by atoms with Crippen molar-refractivity contribution in [1.29, 1.82) is 0 Å². The highest BCUT2D eigenvalue weighted by Crippen LogP contribution is 2.28. The Morgan fingerprint density at radius 1 is 1.06 bits per heavy atom. The highest BCUT2D eigenvalue weighted by Gasteiger charge is 2.44. The summed E-state index contributed by atoms with van der Waals surface area (Å²) in [6.45, 7) is 0.111. The van der Waals surface area contributed by atoms with Gasteiger partial charge in [-0.05, 0) is 42.3 Å². The van der Waals surface area contributed by atoms with Gasteiger partial charge in [-0.2, -0.15) is 0 Å². The van der Waals surface area contributed by atoms with Crippen LogP contribution in [-0.2, 0) is 16.1 Å². The molecular formula is C21H17ClN4O5. The molecule has 1 fully saturated rings. The molecule has 1 saturated heterocycles. The standard InChI is InChI=1S/C21H17ClN4O5/c22-12-2-1-3-13(9-12)24-21(31)23-10-11-4-5-14-15(8-11)20(30)26(19(14)29)16-6-7-17(27)25-18(16)28/h1-5,8-9,16H,6-7,10H2,(H2,23,24,31)(H,25,27,28). The number of hydrogen-bond donors (Lipinski definition) is 3. The lowest BCUT2D eigenvalue weighted by Gasteiger charge is -2.27. The molecule has 2 aliphatic rings. The summed E-state index contributed by atoms with van der Waals surface area (Å²) >= 11 is 5.89. The van der Waals surface area contributed by atoms with Crippen molar-refractivity contribution in [3.8, 4) is 0 Å². The number of hydrogen-bond acceptors (Lipinski definition) is 5. The van der Waals surface area contributed by atoms with Gasteiger partial charge in [0.2, 0.25) is 11.8 Å². The van der Waals surface area contributed by atoms with Gasteiger partial charge in [0.05, 0.1) is 11.1 Å². The maximum Gasteiger partial charge on any atom is 0.319 e. The number of urea groups is 1. The second-order valence-electron chi connectivity index (χ2n) is 7.15. The topological polar surface area (TPSA) is 125 Å². The number of carbonyl (C=O) groups is 5. The summed E-state index contributed by atoms with van der Waals surface area (Å²) in [4.78, 5) is 62.0. The number of fused-ring (bicyclic) bond motifs is 1. The highest BCUT2D eigenvalue weighted by molar-refractivity contribution is 6.30. The van der Waals surface area contributed by atoms with Gasteiger partial charge in [0, 0.05) is 23.7 Å². The summed E-state index contributed by atoms with van der Waals surface area (Å²) in [7, 11) is 0. The fourth-order valence-electron chi connectivity index (χ4n) is 3.55. The number of carbonyl (C=O) groups excluding carboxylic acids is 5. The fourth-order valence-corrected chi connectivity index (χ4v) is 3.74. The Morgan fingerprint density at radius 2 is 1.84 bits per heavy atom. The van der Waals surface area contributed by atoms with Crippen LogP contribution in [-0.4, -0.2) is 40.6 Å². The van der Waals surface area contributed by atoms with E-state index in [2.05, 4.69) is 16.0 Å². The maximum absolute atomic E-state index is 12.8. The molecule has 0 saturated carbocycles. The number of amides is 6. The van der Waals surface area contributed by atoms with Crippen LogP contribution < -0.4 is 16.0 Å². The number of nitrogens with one attached hydrogen (secondary N) is 3. The third kappa shape index (κ3) is 4.13. The van der Waals surface area contributed by atoms with Gasteiger partial charge in [-0.3, -0.25) is 29.4 Å². The predicted octanol–water partition coefficient (Wildman–Crippen LogP) is 2.06. The van der Waals surface area contributed by atoms with Crippen molar-refractivity contribution in [3.63, 3.8) is 0 Å². The molecule has 2 aromatic rings. The fraction of sp³-hybridized carbons (Fsp3) is 0.190. The molecule has 4 rings (SSSR count). The average molecular weight is 441 g/mol. The van der Waals surface area contributed by atoms with Crippen LogP contribution in [0.15, 0.2) is 42.5 Å². The van der Waals surface area contributed by atoms with Crippen molar-refractivity contribution >= 4 is 46.9 Å². The van der Waals surface area contributed by atoms with Crippen LogP contribution in [0.5, 0.6) is 0 Å². The molecule has 31 heavy (non-hydrogen) atoms. The van der Waals surface area contributed by atoms with Crippen LogP contribution in [0.2, 0.25) is 5.02 Å². The minimum Gasteiger partial charge on any atom is -0.334 e. The van der Waals surface area contributed by atoms with Crippen LogP contribution in [0.3, 0.4) is 0 Å². The number of anilines is 1. The van der Waals surface area contributed by atoms with E-state index in [0.717, 1.165) is 4.90 Å². The summed E-state index contributed by atoms with van der Waals surface area (Å²) in [6, 6.07) is 9.83. The first kappa shape index (κ1) is 20.5. The molecule has 0 radical (unpaired) electrons. The molecule has 2 aliphatic heterocycles. The lowest BCUT2D eigenvalue weighted by molar-refractivity contribution is -0.136. The van der Waals surface area contributed by atoms with Gasteiger partial charge in [-0.1, -0.05) is 23.7 Å². The van der Waals surface area contributed by atoms with Crippen LogP contribution in [0, 0.1) is 0 Å². The molecule has 1 atom stereocenters. The summed E-state index contributed by atoms with van der Waals surface area (Å²) in [6.07, 6.45) is 0.148. The second kappa shape index (κ2) is 8.19. The minimum atomic E-state index is -1.02. The molecule has 0 bridgehead atoms. The molecule has 158 valence electrons. The van der Waals surface area contributed by atoms with Gasteiger partial charge in [0.15, 0.2) is 0 Å². The number of imide groups is 2. The van der Waals surface area contributed by atoms with E-state index in [-0.39, 0.29) is 30.5 Å². The highest BCUT2D eigenvalue weighted by atomic mass is 35.5. The molecule has 10 heteroatoms. The molecular weight excluding hydrogens is 424 g/mol. The Kier molecular flexibility index (Phi) is 5.43. The minimum absolute atomic E-state index is 0.0563. The van der Waals surface area contributed by atoms with E-state index in [1.807, 2.05) is 0 Å². The lowest BCUT2D eigenvalue weighted by atomic mass is 10.0. The molecule has 6 amide bonds. The quantitative estimate of drug-likeness (QED) is 0.627. The van der Waals surface area contributed by atoms with E-state index in [1.165, 1.54) is 12.1 Å². The zero-order valence-electron chi connectivity index (χ0n) is 16.1.